The standard InChI is InChI=1S/C17H25ClN2O2/c1-21-16-10-13(9-15(18)17(16)22-2)11-19-7-8-20-6-4-3-5-14(20)12-19/h9-10,14H,3-8,11-12H2,1-2H3. The molecule has 0 aliphatic carbocycles. The van der Waals surface area contributed by atoms with E-state index in [0.29, 0.717) is 16.5 Å². The molecule has 0 radical (unpaired) electrons. The van der Waals surface area contributed by atoms with Crippen molar-refractivity contribution in [3.63, 3.8) is 0 Å². The van der Waals surface area contributed by atoms with Crippen molar-refractivity contribution in [3.05, 3.63) is 22.7 Å². The van der Waals surface area contributed by atoms with Gasteiger partial charge >= 0.3 is 0 Å². The second-order valence-electron chi connectivity index (χ2n) is 6.23. The predicted octanol–water partition coefficient (Wildman–Crippen LogP) is 3.03. The van der Waals surface area contributed by atoms with Gasteiger partial charge < -0.3 is 9.47 Å². The summed E-state index contributed by atoms with van der Waals surface area (Å²) in [6.07, 6.45) is 4.07. The summed E-state index contributed by atoms with van der Waals surface area (Å²) in [5.41, 5.74) is 1.19. The molecule has 1 aromatic rings. The number of hydrogen-bond donors (Lipinski definition) is 0. The van der Waals surface area contributed by atoms with Crippen LogP contribution in [0.5, 0.6) is 11.5 Å². The third-order valence-electron chi connectivity index (χ3n) is 4.82. The molecule has 1 unspecified atom stereocenters. The predicted molar refractivity (Wildman–Crippen MR) is 89.0 cm³/mol. The van der Waals surface area contributed by atoms with Crippen LogP contribution in [0.25, 0.3) is 0 Å². The Bertz CT molecular complexity index is 524. The third kappa shape index (κ3) is 3.34. The van der Waals surface area contributed by atoms with Crippen LogP contribution in [-0.4, -0.2) is 56.2 Å². The fourth-order valence-corrected chi connectivity index (χ4v) is 4.00. The van der Waals surface area contributed by atoms with Crippen molar-refractivity contribution in [1.29, 1.82) is 0 Å². The average Bonchev–Trinajstić information content (AvgIpc) is 2.54. The van der Waals surface area contributed by atoms with Gasteiger partial charge in [0, 0.05) is 32.2 Å². The highest BCUT2D eigenvalue weighted by Gasteiger charge is 2.28. The first-order valence-electron chi connectivity index (χ1n) is 8.08. The summed E-state index contributed by atoms with van der Waals surface area (Å²) in [6, 6.07) is 4.77. The van der Waals surface area contributed by atoms with Crippen molar-refractivity contribution in [2.75, 3.05) is 40.4 Å². The summed E-state index contributed by atoms with van der Waals surface area (Å²) in [5.74, 6) is 1.33. The number of hydrogen-bond acceptors (Lipinski definition) is 4. The summed E-state index contributed by atoms with van der Waals surface area (Å²) in [5, 5.41) is 0.619. The molecule has 1 atom stereocenters. The van der Waals surface area contributed by atoms with Gasteiger partial charge in [-0.3, -0.25) is 9.80 Å². The monoisotopic (exact) mass is 324 g/mol. The molecule has 0 bridgehead atoms. The zero-order valence-corrected chi connectivity index (χ0v) is 14.2. The maximum atomic E-state index is 6.31. The van der Waals surface area contributed by atoms with Gasteiger partial charge in [0.05, 0.1) is 19.2 Å². The van der Waals surface area contributed by atoms with Crippen molar-refractivity contribution < 1.29 is 9.47 Å². The van der Waals surface area contributed by atoms with Crippen LogP contribution in [0.4, 0.5) is 0 Å². The van der Waals surface area contributed by atoms with Crippen LogP contribution in [0.15, 0.2) is 12.1 Å². The van der Waals surface area contributed by atoms with Gasteiger partial charge in [0.1, 0.15) is 0 Å². The Morgan fingerprint density at radius 1 is 1.14 bits per heavy atom. The molecule has 122 valence electrons. The Balaban J connectivity index is 1.69. The molecule has 5 heteroatoms. The van der Waals surface area contributed by atoms with Gasteiger partial charge in [-0.15, -0.1) is 0 Å². The fraction of sp³-hybridized carbons (Fsp3) is 0.647. The van der Waals surface area contributed by atoms with Gasteiger partial charge in [-0.2, -0.15) is 0 Å². The van der Waals surface area contributed by atoms with E-state index in [1.165, 1.54) is 37.9 Å². The van der Waals surface area contributed by atoms with E-state index in [4.69, 9.17) is 21.1 Å². The minimum absolute atomic E-state index is 0.616. The number of rotatable bonds is 4. The Labute approximate surface area is 137 Å². The Kier molecular flexibility index (Phi) is 5.11. The van der Waals surface area contributed by atoms with E-state index in [1.807, 2.05) is 12.1 Å². The summed E-state index contributed by atoms with van der Waals surface area (Å²) < 4.78 is 10.7. The lowest BCUT2D eigenvalue weighted by Gasteiger charge is -2.44. The normalized spacial score (nSPS) is 23.1. The zero-order valence-electron chi connectivity index (χ0n) is 13.5. The van der Waals surface area contributed by atoms with Gasteiger partial charge in [-0.1, -0.05) is 18.0 Å². The van der Waals surface area contributed by atoms with Gasteiger partial charge in [-0.25, -0.2) is 0 Å². The first kappa shape index (κ1) is 15.9. The lowest BCUT2D eigenvalue weighted by atomic mass is 9.99. The van der Waals surface area contributed by atoms with Crippen LogP contribution in [0.2, 0.25) is 5.02 Å². The van der Waals surface area contributed by atoms with Crippen molar-refractivity contribution >= 4 is 11.6 Å². The van der Waals surface area contributed by atoms with E-state index in [2.05, 4.69) is 9.80 Å². The van der Waals surface area contributed by atoms with Crippen LogP contribution >= 0.6 is 11.6 Å². The molecule has 22 heavy (non-hydrogen) atoms. The molecule has 0 saturated carbocycles. The molecule has 1 aromatic carbocycles. The van der Waals surface area contributed by atoms with Gasteiger partial charge in [0.25, 0.3) is 0 Å². The minimum Gasteiger partial charge on any atom is -0.493 e. The maximum Gasteiger partial charge on any atom is 0.179 e. The second-order valence-corrected chi connectivity index (χ2v) is 6.64. The first-order valence-corrected chi connectivity index (χ1v) is 8.46. The van der Waals surface area contributed by atoms with E-state index in [1.54, 1.807) is 14.2 Å². The van der Waals surface area contributed by atoms with Gasteiger partial charge in [0.15, 0.2) is 11.5 Å². The molecule has 2 saturated heterocycles. The number of nitrogens with zero attached hydrogens (tertiary/aromatic N) is 2. The smallest absolute Gasteiger partial charge is 0.179 e. The third-order valence-corrected chi connectivity index (χ3v) is 5.10. The Morgan fingerprint density at radius 3 is 2.77 bits per heavy atom. The molecule has 2 heterocycles. The van der Waals surface area contributed by atoms with Crippen LogP contribution in [0, 0.1) is 0 Å². The Hall–Kier alpha value is -0.970. The highest BCUT2D eigenvalue weighted by Crippen LogP contribution is 2.36. The maximum absolute atomic E-state index is 6.31. The van der Waals surface area contributed by atoms with Crippen molar-refractivity contribution in [2.45, 2.75) is 31.8 Å². The second kappa shape index (κ2) is 7.07. The summed E-state index contributed by atoms with van der Waals surface area (Å²) in [4.78, 5) is 5.19. The molecule has 3 rings (SSSR count). The van der Waals surface area contributed by atoms with E-state index >= 15 is 0 Å². The number of methoxy groups -OCH3 is 2. The van der Waals surface area contributed by atoms with E-state index in [-0.39, 0.29) is 0 Å². The molecule has 0 aromatic heterocycles. The number of benzene rings is 1. The van der Waals surface area contributed by atoms with Crippen molar-refractivity contribution in [3.8, 4) is 11.5 Å². The molecular formula is C17H25ClN2O2. The van der Waals surface area contributed by atoms with E-state index < -0.39 is 0 Å². The highest BCUT2D eigenvalue weighted by atomic mass is 35.5. The van der Waals surface area contributed by atoms with Gasteiger partial charge in [0.2, 0.25) is 0 Å². The van der Waals surface area contributed by atoms with E-state index in [9.17, 15) is 0 Å². The number of halogens is 1. The zero-order chi connectivity index (χ0) is 15.5. The lowest BCUT2D eigenvalue weighted by molar-refractivity contribution is 0.0456. The number of ether oxygens (including phenoxy) is 2. The van der Waals surface area contributed by atoms with Crippen molar-refractivity contribution in [2.24, 2.45) is 0 Å². The van der Waals surface area contributed by atoms with E-state index in [0.717, 1.165) is 25.7 Å². The van der Waals surface area contributed by atoms with Crippen LogP contribution in [0.1, 0.15) is 24.8 Å². The number of piperidine rings is 1. The molecule has 2 aliphatic rings. The molecule has 2 fully saturated rings. The van der Waals surface area contributed by atoms with Crippen LogP contribution in [-0.2, 0) is 6.54 Å². The number of fused-ring (bicyclic) bond motifs is 1. The summed E-state index contributed by atoms with van der Waals surface area (Å²) >= 11 is 6.31. The molecule has 0 N–H and O–H groups in total. The van der Waals surface area contributed by atoms with Crippen LogP contribution < -0.4 is 9.47 Å². The quantitative estimate of drug-likeness (QED) is 0.850. The SMILES string of the molecule is COc1cc(CN2CCN3CCCCC3C2)cc(Cl)c1OC. The topological polar surface area (TPSA) is 24.9 Å². The summed E-state index contributed by atoms with van der Waals surface area (Å²) in [7, 11) is 3.27. The fourth-order valence-electron chi connectivity index (χ4n) is 3.68. The summed E-state index contributed by atoms with van der Waals surface area (Å²) in [6.45, 7) is 5.67. The van der Waals surface area contributed by atoms with Gasteiger partial charge in [-0.05, 0) is 37.1 Å². The van der Waals surface area contributed by atoms with Crippen LogP contribution in [0.3, 0.4) is 0 Å². The number of piperazine rings is 1. The molecule has 2 aliphatic heterocycles. The molecule has 0 amide bonds. The Morgan fingerprint density at radius 2 is 2.00 bits per heavy atom. The largest absolute Gasteiger partial charge is 0.493 e. The highest BCUT2D eigenvalue weighted by molar-refractivity contribution is 6.32. The molecule has 0 spiro atoms. The minimum atomic E-state index is 0.616. The first-order chi connectivity index (χ1) is 10.7. The average molecular weight is 325 g/mol. The molecule has 4 nitrogen and oxygen atoms in total. The van der Waals surface area contributed by atoms with Crippen molar-refractivity contribution in [1.82, 2.24) is 9.80 Å². The lowest BCUT2D eigenvalue weighted by Crippen LogP contribution is -2.54. The molecular weight excluding hydrogens is 300 g/mol.